The second-order valence-electron chi connectivity index (χ2n) is 5.99. The summed E-state index contributed by atoms with van der Waals surface area (Å²) in [6, 6.07) is 15.2. The molecule has 0 saturated carbocycles. The van der Waals surface area contributed by atoms with Gasteiger partial charge in [0.15, 0.2) is 0 Å². The molecule has 5 heteroatoms. The first-order valence-corrected chi connectivity index (χ1v) is 8.52. The van der Waals surface area contributed by atoms with Gasteiger partial charge in [-0.1, -0.05) is 30.3 Å². The quantitative estimate of drug-likeness (QED) is 0.818. The van der Waals surface area contributed by atoms with E-state index in [9.17, 15) is 4.79 Å². The second-order valence-corrected chi connectivity index (χ2v) is 5.99. The molecule has 5 nitrogen and oxygen atoms in total. The Morgan fingerprint density at radius 1 is 1.12 bits per heavy atom. The first-order valence-electron chi connectivity index (χ1n) is 8.52. The molecule has 1 fully saturated rings. The summed E-state index contributed by atoms with van der Waals surface area (Å²) in [5, 5.41) is 3.30. The number of benzene rings is 2. The van der Waals surface area contributed by atoms with Gasteiger partial charge < -0.3 is 19.5 Å². The van der Waals surface area contributed by atoms with Gasteiger partial charge in [-0.3, -0.25) is 0 Å². The number of esters is 1. The predicted octanol–water partition coefficient (Wildman–Crippen LogP) is 3.18. The molecule has 0 radical (unpaired) electrons. The van der Waals surface area contributed by atoms with Gasteiger partial charge in [0.2, 0.25) is 0 Å². The first kappa shape index (κ1) is 17.3. The van der Waals surface area contributed by atoms with E-state index >= 15 is 0 Å². The van der Waals surface area contributed by atoms with Gasteiger partial charge in [-0.15, -0.1) is 0 Å². The summed E-state index contributed by atoms with van der Waals surface area (Å²) in [5.41, 5.74) is 1.51. The predicted molar refractivity (Wildman–Crippen MR) is 95.1 cm³/mol. The molecular weight excluding hydrogens is 318 g/mol. The smallest absolute Gasteiger partial charge is 0.341 e. The van der Waals surface area contributed by atoms with E-state index in [0.29, 0.717) is 23.7 Å². The van der Waals surface area contributed by atoms with E-state index in [1.165, 1.54) is 7.11 Å². The van der Waals surface area contributed by atoms with Crippen molar-refractivity contribution >= 4 is 5.97 Å². The van der Waals surface area contributed by atoms with Crippen molar-refractivity contribution in [3.63, 3.8) is 0 Å². The van der Waals surface area contributed by atoms with Crippen molar-refractivity contribution in [2.75, 3.05) is 20.2 Å². The zero-order valence-corrected chi connectivity index (χ0v) is 14.4. The molecule has 0 spiro atoms. The lowest BCUT2D eigenvalue weighted by molar-refractivity contribution is 0.0591. The minimum absolute atomic E-state index is 0.0917. The standard InChI is InChI=1S/C20H23NO4/c1-23-20(22)18-8-7-17(24-14-15-5-3-2-4-6-15)13-19(18)25-16-9-11-21-12-10-16/h2-8,13,16,21H,9-12,14H2,1H3. The summed E-state index contributed by atoms with van der Waals surface area (Å²) < 4.78 is 16.8. The molecule has 25 heavy (non-hydrogen) atoms. The minimum atomic E-state index is -0.404. The van der Waals surface area contributed by atoms with E-state index in [1.54, 1.807) is 18.2 Å². The molecule has 3 rings (SSSR count). The topological polar surface area (TPSA) is 56.8 Å². The van der Waals surface area contributed by atoms with Gasteiger partial charge in [0.05, 0.1) is 7.11 Å². The van der Waals surface area contributed by atoms with Crippen LogP contribution in [0.4, 0.5) is 0 Å². The zero-order valence-electron chi connectivity index (χ0n) is 14.4. The van der Waals surface area contributed by atoms with Crippen molar-refractivity contribution in [1.82, 2.24) is 5.32 Å². The van der Waals surface area contributed by atoms with Crippen LogP contribution >= 0.6 is 0 Å². The highest BCUT2D eigenvalue weighted by atomic mass is 16.5. The fraction of sp³-hybridized carbons (Fsp3) is 0.350. The average molecular weight is 341 g/mol. The minimum Gasteiger partial charge on any atom is -0.489 e. The van der Waals surface area contributed by atoms with Crippen molar-refractivity contribution in [2.45, 2.75) is 25.6 Å². The third-order valence-electron chi connectivity index (χ3n) is 4.19. The van der Waals surface area contributed by atoms with Gasteiger partial charge in [-0.2, -0.15) is 0 Å². The molecule has 0 aromatic heterocycles. The maximum Gasteiger partial charge on any atom is 0.341 e. The van der Waals surface area contributed by atoms with Gasteiger partial charge in [0.25, 0.3) is 0 Å². The summed E-state index contributed by atoms with van der Waals surface area (Å²) in [6.07, 6.45) is 1.92. The number of methoxy groups -OCH3 is 1. The van der Waals surface area contributed by atoms with E-state index in [1.807, 2.05) is 30.3 Å². The summed E-state index contributed by atoms with van der Waals surface area (Å²) in [6.45, 7) is 2.30. The lowest BCUT2D eigenvalue weighted by Crippen LogP contribution is -2.34. The lowest BCUT2D eigenvalue weighted by atomic mass is 10.1. The number of hydrogen-bond donors (Lipinski definition) is 1. The molecular formula is C20H23NO4. The number of piperidine rings is 1. The van der Waals surface area contributed by atoms with Gasteiger partial charge >= 0.3 is 5.97 Å². The fourth-order valence-corrected chi connectivity index (χ4v) is 2.80. The van der Waals surface area contributed by atoms with Crippen LogP contribution in [0.1, 0.15) is 28.8 Å². The Hall–Kier alpha value is -2.53. The number of hydrogen-bond acceptors (Lipinski definition) is 5. The largest absolute Gasteiger partial charge is 0.489 e. The van der Waals surface area contributed by atoms with Crippen LogP contribution < -0.4 is 14.8 Å². The van der Waals surface area contributed by atoms with Crippen LogP contribution in [0.2, 0.25) is 0 Å². The van der Waals surface area contributed by atoms with E-state index in [0.717, 1.165) is 31.5 Å². The Labute approximate surface area is 147 Å². The van der Waals surface area contributed by atoms with Crippen molar-refractivity contribution < 1.29 is 19.0 Å². The number of rotatable bonds is 6. The molecule has 0 amide bonds. The van der Waals surface area contributed by atoms with Crippen LogP contribution in [-0.4, -0.2) is 32.3 Å². The summed E-state index contributed by atoms with van der Waals surface area (Å²) in [5.74, 6) is 0.781. The SMILES string of the molecule is COC(=O)c1ccc(OCc2ccccc2)cc1OC1CCNCC1. The first-order chi connectivity index (χ1) is 12.3. The van der Waals surface area contributed by atoms with Crippen molar-refractivity contribution in [1.29, 1.82) is 0 Å². The van der Waals surface area contributed by atoms with Crippen molar-refractivity contribution in [3.05, 3.63) is 59.7 Å². The third kappa shape index (κ3) is 4.73. The van der Waals surface area contributed by atoms with E-state index in [4.69, 9.17) is 14.2 Å². The number of nitrogens with one attached hydrogen (secondary N) is 1. The summed E-state index contributed by atoms with van der Waals surface area (Å²) in [4.78, 5) is 12.0. The van der Waals surface area contributed by atoms with E-state index in [-0.39, 0.29) is 6.10 Å². The molecule has 1 N–H and O–H groups in total. The average Bonchev–Trinajstić information content (AvgIpc) is 2.67. The maximum atomic E-state index is 12.0. The fourth-order valence-electron chi connectivity index (χ4n) is 2.80. The maximum absolute atomic E-state index is 12.0. The Morgan fingerprint density at radius 3 is 2.60 bits per heavy atom. The molecule has 132 valence electrons. The Kier molecular flexibility index (Phi) is 5.90. The van der Waals surface area contributed by atoms with Crippen molar-refractivity contribution in [2.24, 2.45) is 0 Å². The van der Waals surface area contributed by atoms with E-state index in [2.05, 4.69) is 5.32 Å². The van der Waals surface area contributed by atoms with Crippen LogP contribution in [0.5, 0.6) is 11.5 Å². The van der Waals surface area contributed by atoms with E-state index < -0.39 is 5.97 Å². The van der Waals surface area contributed by atoms with Crippen LogP contribution in [-0.2, 0) is 11.3 Å². The van der Waals surface area contributed by atoms with Crippen LogP contribution in [0.15, 0.2) is 48.5 Å². The number of ether oxygens (including phenoxy) is 3. The molecule has 2 aromatic carbocycles. The monoisotopic (exact) mass is 341 g/mol. The van der Waals surface area contributed by atoms with Gasteiger partial charge in [-0.05, 0) is 43.6 Å². The van der Waals surface area contributed by atoms with Crippen LogP contribution in [0, 0.1) is 0 Å². The second kappa shape index (κ2) is 8.53. The molecule has 1 aliphatic heterocycles. The van der Waals surface area contributed by atoms with Gasteiger partial charge in [0, 0.05) is 6.07 Å². The van der Waals surface area contributed by atoms with Crippen LogP contribution in [0.3, 0.4) is 0 Å². The molecule has 1 aliphatic rings. The molecule has 2 aromatic rings. The third-order valence-corrected chi connectivity index (χ3v) is 4.19. The highest BCUT2D eigenvalue weighted by molar-refractivity contribution is 5.92. The summed E-state index contributed by atoms with van der Waals surface area (Å²) >= 11 is 0. The Bertz CT molecular complexity index is 696. The molecule has 0 atom stereocenters. The molecule has 1 saturated heterocycles. The van der Waals surface area contributed by atoms with Crippen molar-refractivity contribution in [3.8, 4) is 11.5 Å². The molecule has 0 aliphatic carbocycles. The highest BCUT2D eigenvalue weighted by Crippen LogP contribution is 2.28. The molecule has 1 heterocycles. The normalized spacial score (nSPS) is 14.8. The Balaban J connectivity index is 1.75. The lowest BCUT2D eigenvalue weighted by Gasteiger charge is -2.25. The highest BCUT2D eigenvalue weighted by Gasteiger charge is 2.20. The van der Waals surface area contributed by atoms with Gasteiger partial charge in [0.1, 0.15) is 29.8 Å². The summed E-state index contributed by atoms with van der Waals surface area (Å²) in [7, 11) is 1.37. The molecule has 0 unspecified atom stereocenters. The number of carbonyl (C=O) groups is 1. The zero-order chi connectivity index (χ0) is 17.5. The molecule has 0 bridgehead atoms. The Morgan fingerprint density at radius 2 is 1.88 bits per heavy atom. The number of carbonyl (C=O) groups excluding carboxylic acids is 1. The van der Waals surface area contributed by atoms with Gasteiger partial charge in [-0.25, -0.2) is 4.79 Å². The van der Waals surface area contributed by atoms with Crippen LogP contribution in [0.25, 0.3) is 0 Å².